The second kappa shape index (κ2) is 4.99. The summed E-state index contributed by atoms with van der Waals surface area (Å²) in [6.45, 7) is 0.969. The monoisotopic (exact) mass is 203 g/mol. The first-order valence-corrected chi connectivity index (χ1v) is 5.42. The zero-order valence-electron chi connectivity index (χ0n) is 9.07. The standard InChI is InChI=1S/C13H17NO/c1-15-13-8-4-11(5-9-13)3-2-10-14-12-6-7-12/h2-5,8-9,12,14H,6-7,10H2,1H3. The molecule has 1 N–H and O–H groups in total. The summed E-state index contributed by atoms with van der Waals surface area (Å²) >= 11 is 0. The second-order valence-electron chi connectivity index (χ2n) is 3.86. The molecule has 0 saturated heterocycles. The van der Waals surface area contributed by atoms with Crippen LogP contribution in [0.5, 0.6) is 5.75 Å². The lowest BCUT2D eigenvalue weighted by atomic mass is 10.2. The second-order valence-corrected chi connectivity index (χ2v) is 3.86. The van der Waals surface area contributed by atoms with Crippen LogP contribution in [0.1, 0.15) is 18.4 Å². The van der Waals surface area contributed by atoms with Gasteiger partial charge < -0.3 is 10.1 Å². The highest BCUT2D eigenvalue weighted by atomic mass is 16.5. The highest BCUT2D eigenvalue weighted by molar-refractivity contribution is 5.50. The van der Waals surface area contributed by atoms with E-state index in [0.717, 1.165) is 18.3 Å². The van der Waals surface area contributed by atoms with Gasteiger partial charge in [-0.25, -0.2) is 0 Å². The van der Waals surface area contributed by atoms with E-state index >= 15 is 0 Å². The van der Waals surface area contributed by atoms with Crippen LogP contribution in [0.15, 0.2) is 30.3 Å². The Hall–Kier alpha value is -1.28. The maximum absolute atomic E-state index is 5.10. The molecule has 1 aliphatic rings. The van der Waals surface area contributed by atoms with Crippen molar-refractivity contribution < 1.29 is 4.74 Å². The minimum Gasteiger partial charge on any atom is -0.497 e. The minimum absolute atomic E-state index is 0.783. The molecule has 2 nitrogen and oxygen atoms in total. The van der Waals surface area contributed by atoms with Crippen molar-refractivity contribution in [2.24, 2.45) is 0 Å². The summed E-state index contributed by atoms with van der Waals surface area (Å²) in [6, 6.07) is 8.87. The van der Waals surface area contributed by atoms with Crippen LogP contribution in [-0.2, 0) is 0 Å². The van der Waals surface area contributed by atoms with Gasteiger partial charge in [0.15, 0.2) is 0 Å². The van der Waals surface area contributed by atoms with Gasteiger partial charge in [-0.05, 0) is 30.5 Å². The summed E-state index contributed by atoms with van der Waals surface area (Å²) in [7, 11) is 1.68. The molecule has 0 bridgehead atoms. The fourth-order valence-corrected chi connectivity index (χ4v) is 1.43. The molecule has 0 amide bonds. The van der Waals surface area contributed by atoms with E-state index in [1.165, 1.54) is 18.4 Å². The molecule has 1 fully saturated rings. The van der Waals surface area contributed by atoms with Gasteiger partial charge in [0.1, 0.15) is 5.75 Å². The molecule has 0 aliphatic heterocycles. The molecule has 0 radical (unpaired) electrons. The van der Waals surface area contributed by atoms with E-state index in [4.69, 9.17) is 4.74 Å². The van der Waals surface area contributed by atoms with E-state index < -0.39 is 0 Å². The number of rotatable bonds is 5. The normalized spacial score (nSPS) is 15.8. The Balaban J connectivity index is 1.80. The topological polar surface area (TPSA) is 21.3 Å². The van der Waals surface area contributed by atoms with Gasteiger partial charge in [-0.1, -0.05) is 24.3 Å². The van der Waals surface area contributed by atoms with Crippen LogP contribution in [0.3, 0.4) is 0 Å². The number of hydrogen-bond donors (Lipinski definition) is 1. The van der Waals surface area contributed by atoms with Gasteiger partial charge >= 0.3 is 0 Å². The average molecular weight is 203 g/mol. The van der Waals surface area contributed by atoms with Crippen molar-refractivity contribution in [3.8, 4) is 5.75 Å². The molecule has 15 heavy (non-hydrogen) atoms. The lowest BCUT2D eigenvalue weighted by Gasteiger charge is -1.99. The molecule has 1 saturated carbocycles. The Morgan fingerprint density at radius 2 is 2.07 bits per heavy atom. The molecule has 0 heterocycles. The van der Waals surface area contributed by atoms with Gasteiger partial charge in [-0.2, -0.15) is 0 Å². The van der Waals surface area contributed by atoms with E-state index in [9.17, 15) is 0 Å². The Morgan fingerprint density at radius 3 is 2.67 bits per heavy atom. The van der Waals surface area contributed by atoms with Gasteiger partial charge in [0, 0.05) is 12.6 Å². The maximum atomic E-state index is 5.10. The third kappa shape index (κ3) is 3.40. The molecule has 1 aromatic rings. The Labute approximate surface area is 91.0 Å². The van der Waals surface area contributed by atoms with Crippen LogP contribution < -0.4 is 10.1 Å². The average Bonchev–Trinajstić information content (AvgIpc) is 3.09. The molecule has 0 unspecified atom stereocenters. The van der Waals surface area contributed by atoms with Crippen molar-refractivity contribution in [1.29, 1.82) is 0 Å². The lowest BCUT2D eigenvalue weighted by Crippen LogP contribution is -2.15. The minimum atomic E-state index is 0.783. The van der Waals surface area contributed by atoms with Crippen LogP contribution in [0.25, 0.3) is 6.08 Å². The molecule has 0 aromatic heterocycles. The van der Waals surface area contributed by atoms with Crippen molar-refractivity contribution in [2.75, 3.05) is 13.7 Å². The zero-order valence-corrected chi connectivity index (χ0v) is 9.07. The summed E-state index contributed by atoms with van der Waals surface area (Å²) in [6.07, 6.45) is 6.99. The Bertz CT molecular complexity index is 325. The van der Waals surface area contributed by atoms with Crippen LogP contribution in [0, 0.1) is 0 Å². The SMILES string of the molecule is COc1ccc(C=CCNC2CC2)cc1. The van der Waals surface area contributed by atoms with Gasteiger partial charge in [0.05, 0.1) is 7.11 Å². The van der Waals surface area contributed by atoms with Gasteiger partial charge in [0.25, 0.3) is 0 Å². The lowest BCUT2D eigenvalue weighted by molar-refractivity contribution is 0.415. The fourth-order valence-electron chi connectivity index (χ4n) is 1.43. The van der Waals surface area contributed by atoms with E-state index in [1.54, 1.807) is 7.11 Å². The number of benzene rings is 1. The quantitative estimate of drug-likeness (QED) is 0.793. The van der Waals surface area contributed by atoms with Crippen LogP contribution >= 0.6 is 0 Å². The van der Waals surface area contributed by atoms with Gasteiger partial charge in [-0.15, -0.1) is 0 Å². The predicted molar refractivity (Wildman–Crippen MR) is 63.1 cm³/mol. The summed E-state index contributed by atoms with van der Waals surface area (Å²) in [5.74, 6) is 0.906. The van der Waals surface area contributed by atoms with Crippen molar-refractivity contribution >= 4 is 6.08 Å². The molecule has 1 aromatic carbocycles. The molecule has 0 atom stereocenters. The first-order chi connectivity index (χ1) is 7.38. The number of ether oxygens (including phenoxy) is 1. The summed E-state index contributed by atoms with van der Waals surface area (Å²) < 4.78 is 5.10. The van der Waals surface area contributed by atoms with E-state index in [1.807, 2.05) is 12.1 Å². The van der Waals surface area contributed by atoms with Crippen molar-refractivity contribution in [3.05, 3.63) is 35.9 Å². The molecule has 0 spiro atoms. The predicted octanol–water partition coefficient (Wildman–Crippen LogP) is 2.46. The van der Waals surface area contributed by atoms with E-state index in [2.05, 4.69) is 29.6 Å². The molecular weight excluding hydrogens is 186 g/mol. The summed E-state index contributed by atoms with van der Waals surface area (Å²) in [5.41, 5.74) is 1.22. The van der Waals surface area contributed by atoms with Crippen molar-refractivity contribution in [2.45, 2.75) is 18.9 Å². The van der Waals surface area contributed by atoms with Crippen LogP contribution in [0.2, 0.25) is 0 Å². The number of nitrogens with one attached hydrogen (secondary N) is 1. The number of methoxy groups -OCH3 is 1. The Kier molecular flexibility index (Phi) is 3.41. The maximum Gasteiger partial charge on any atom is 0.118 e. The van der Waals surface area contributed by atoms with Crippen molar-refractivity contribution in [1.82, 2.24) is 5.32 Å². The molecule has 2 rings (SSSR count). The van der Waals surface area contributed by atoms with Crippen molar-refractivity contribution in [3.63, 3.8) is 0 Å². The number of hydrogen-bond acceptors (Lipinski definition) is 2. The summed E-state index contributed by atoms with van der Waals surface area (Å²) in [4.78, 5) is 0. The fraction of sp³-hybridized carbons (Fsp3) is 0.385. The molecule has 2 heteroatoms. The summed E-state index contributed by atoms with van der Waals surface area (Å²) in [5, 5.41) is 3.44. The van der Waals surface area contributed by atoms with Crippen LogP contribution in [-0.4, -0.2) is 19.7 Å². The molecular formula is C13H17NO. The first-order valence-electron chi connectivity index (χ1n) is 5.42. The van der Waals surface area contributed by atoms with E-state index in [0.29, 0.717) is 0 Å². The van der Waals surface area contributed by atoms with E-state index in [-0.39, 0.29) is 0 Å². The highest BCUT2D eigenvalue weighted by Crippen LogP contribution is 2.18. The van der Waals surface area contributed by atoms with Gasteiger partial charge in [0.2, 0.25) is 0 Å². The van der Waals surface area contributed by atoms with Gasteiger partial charge in [-0.3, -0.25) is 0 Å². The van der Waals surface area contributed by atoms with Crippen LogP contribution in [0.4, 0.5) is 0 Å². The first kappa shape index (κ1) is 10.2. The largest absolute Gasteiger partial charge is 0.497 e. The molecule has 80 valence electrons. The highest BCUT2D eigenvalue weighted by Gasteiger charge is 2.18. The zero-order chi connectivity index (χ0) is 10.5. The molecule has 1 aliphatic carbocycles. The smallest absolute Gasteiger partial charge is 0.118 e. The third-order valence-electron chi connectivity index (χ3n) is 2.53. The Morgan fingerprint density at radius 1 is 1.33 bits per heavy atom. The third-order valence-corrected chi connectivity index (χ3v) is 2.53.